The van der Waals surface area contributed by atoms with Gasteiger partial charge in [0.25, 0.3) is 15.9 Å². The Bertz CT molecular complexity index is 440. The van der Waals surface area contributed by atoms with Crippen LogP contribution in [0.4, 0.5) is 0 Å². The number of aromatic amines is 1. The van der Waals surface area contributed by atoms with Crippen LogP contribution < -0.4 is 4.57 Å². The van der Waals surface area contributed by atoms with E-state index in [1.165, 1.54) is 25.1 Å². The van der Waals surface area contributed by atoms with Crippen LogP contribution in [-0.4, -0.2) is 23.7 Å². The standard InChI is InChI=1S/C12H22N2O3S/c1-2-3-4-7-12-13-8-10-14(12)9-5-6-11-18(15,16)17/h8,10H,2-7,9,11H2,1H3,(H,15,16,17)/p+1. The second-order valence-corrected chi connectivity index (χ2v) is 6.12. The Hall–Kier alpha value is -0.880. The van der Waals surface area contributed by atoms with Gasteiger partial charge in [-0.15, -0.1) is 0 Å². The Labute approximate surface area is 109 Å². The number of H-pyrrole nitrogens is 1. The summed E-state index contributed by atoms with van der Waals surface area (Å²) in [6, 6.07) is 0. The molecule has 0 amide bonds. The van der Waals surface area contributed by atoms with Crippen molar-refractivity contribution in [1.82, 2.24) is 4.98 Å². The predicted molar refractivity (Wildman–Crippen MR) is 69.9 cm³/mol. The Balaban J connectivity index is 2.31. The second kappa shape index (κ2) is 7.53. The molecule has 0 aliphatic carbocycles. The van der Waals surface area contributed by atoms with Crippen LogP contribution in [0.2, 0.25) is 0 Å². The van der Waals surface area contributed by atoms with Crippen LogP contribution in [0.25, 0.3) is 0 Å². The summed E-state index contributed by atoms with van der Waals surface area (Å²) in [5.41, 5.74) is 0. The highest BCUT2D eigenvalue weighted by Gasteiger charge is 2.10. The van der Waals surface area contributed by atoms with Gasteiger partial charge in [0.05, 0.1) is 12.3 Å². The fourth-order valence-corrected chi connectivity index (χ4v) is 2.50. The van der Waals surface area contributed by atoms with Crippen LogP contribution in [0.3, 0.4) is 0 Å². The Morgan fingerprint density at radius 1 is 1.28 bits per heavy atom. The third-order valence-electron chi connectivity index (χ3n) is 2.92. The summed E-state index contributed by atoms with van der Waals surface area (Å²) in [4.78, 5) is 3.22. The van der Waals surface area contributed by atoms with Crippen LogP contribution in [0, 0.1) is 0 Å². The normalized spacial score (nSPS) is 11.9. The number of hydrogen-bond acceptors (Lipinski definition) is 2. The first-order chi connectivity index (χ1) is 8.53. The molecular weight excluding hydrogens is 252 g/mol. The van der Waals surface area contributed by atoms with Crippen LogP contribution in [0.15, 0.2) is 12.4 Å². The van der Waals surface area contributed by atoms with Gasteiger partial charge in [0.2, 0.25) is 0 Å². The molecular formula is C12H23N2O3S+. The summed E-state index contributed by atoms with van der Waals surface area (Å²) >= 11 is 0. The van der Waals surface area contributed by atoms with Gasteiger partial charge < -0.3 is 0 Å². The number of hydrogen-bond donors (Lipinski definition) is 2. The van der Waals surface area contributed by atoms with E-state index < -0.39 is 10.1 Å². The molecule has 0 saturated carbocycles. The smallest absolute Gasteiger partial charge is 0.264 e. The van der Waals surface area contributed by atoms with Crippen molar-refractivity contribution in [3.05, 3.63) is 18.2 Å². The maximum Gasteiger partial charge on any atom is 0.264 e. The van der Waals surface area contributed by atoms with E-state index in [9.17, 15) is 8.42 Å². The van der Waals surface area contributed by atoms with Crippen LogP contribution in [-0.2, 0) is 23.1 Å². The maximum absolute atomic E-state index is 10.6. The fourth-order valence-electron chi connectivity index (χ4n) is 1.93. The van der Waals surface area contributed by atoms with Gasteiger partial charge in [-0.05, 0) is 19.3 Å². The Morgan fingerprint density at radius 3 is 2.72 bits per heavy atom. The molecule has 1 rings (SSSR count). The third-order valence-corrected chi connectivity index (χ3v) is 3.72. The summed E-state index contributed by atoms with van der Waals surface area (Å²) in [6.07, 6.45) is 9.76. The van der Waals surface area contributed by atoms with E-state index in [0.717, 1.165) is 19.4 Å². The van der Waals surface area contributed by atoms with Gasteiger partial charge in [-0.2, -0.15) is 8.42 Å². The Morgan fingerprint density at radius 2 is 2.06 bits per heavy atom. The van der Waals surface area contributed by atoms with Crippen molar-refractivity contribution in [3.8, 4) is 0 Å². The van der Waals surface area contributed by atoms with Crippen molar-refractivity contribution in [3.63, 3.8) is 0 Å². The molecule has 0 fully saturated rings. The lowest BCUT2D eigenvalue weighted by Gasteiger charge is -2.01. The average molecular weight is 275 g/mol. The SMILES string of the molecule is CCCCCc1[nH]cc[n+]1CCCCS(=O)(=O)O. The predicted octanol–water partition coefficient (Wildman–Crippen LogP) is 1.70. The maximum atomic E-state index is 10.6. The van der Waals surface area contributed by atoms with Gasteiger partial charge in [-0.25, -0.2) is 9.55 Å². The van der Waals surface area contributed by atoms with E-state index >= 15 is 0 Å². The van der Waals surface area contributed by atoms with E-state index in [1.54, 1.807) is 0 Å². The summed E-state index contributed by atoms with van der Waals surface area (Å²) in [7, 11) is -3.81. The fraction of sp³-hybridized carbons (Fsp3) is 0.750. The molecule has 0 aromatic carbocycles. The first kappa shape index (κ1) is 15.2. The van der Waals surface area contributed by atoms with Crippen molar-refractivity contribution in [2.45, 2.75) is 52.0 Å². The molecule has 0 atom stereocenters. The first-order valence-corrected chi connectivity index (χ1v) is 8.14. The molecule has 0 unspecified atom stereocenters. The summed E-state index contributed by atoms with van der Waals surface area (Å²) in [5, 5.41) is 0. The van der Waals surface area contributed by atoms with E-state index in [0.29, 0.717) is 6.42 Å². The highest BCUT2D eigenvalue weighted by Crippen LogP contribution is 2.01. The summed E-state index contributed by atoms with van der Waals surface area (Å²) in [5.74, 6) is 1.04. The molecule has 0 saturated heterocycles. The van der Waals surface area contributed by atoms with Crippen LogP contribution in [0.1, 0.15) is 44.9 Å². The zero-order chi connectivity index (χ0) is 13.4. The molecule has 1 aromatic heterocycles. The number of rotatable bonds is 9. The van der Waals surface area contributed by atoms with Crippen molar-refractivity contribution in [2.75, 3.05) is 5.75 Å². The van der Waals surface area contributed by atoms with Crippen molar-refractivity contribution >= 4 is 10.1 Å². The molecule has 2 N–H and O–H groups in total. The molecule has 0 radical (unpaired) electrons. The number of nitrogens with one attached hydrogen (secondary N) is 1. The molecule has 0 aliphatic heterocycles. The largest absolute Gasteiger partial charge is 0.286 e. The van der Waals surface area contributed by atoms with E-state index in [-0.39, 0.29) is 5.75 Å². The molecule has 1 aromatic rings. The van der Waals surface area contributed by atoms with Crippen molar-refractivity contribution in [2.24, 2.45) is 0 Å². The monoisotopic (exact) mass is 275 g/mol. The second-order valence-electron chi connectivity index (χ2n) is 4.55. The van der Waals surface area contributed by atoms with Gasteiger partial charge in [0.15, 0.2) is 0 Å². The molecule has 6 heteroatoms. The number of aryl methyl sites for hydroxylation is 2. The van der Waals surface area contributed by atoms with Gasteiger partial charge in [-0.1, -0.05) is 19.8 Å². The summed E-state index contributed by atoms with van der Waals surface area (Å²) < 4.78 is 31.9. The lowest BCUT2D eigenvalue weighted by molar-refractivity contribution is -0.703. The zero-order valence-electron chi connectivity index (χ0n) is 10.9. The molecule has 18 heavy (non-hydrogen) atoms. The zero-order valence-corrected chi connectivity index (χ0v) is 11.7. The van der Waals surface area contributed by atoms with E-state index in [4.69, 9.17) is 4.55 Å². The number of aromatic nitrogens is 2. The number of nitrogens with zero attached hydrogens (tertiary/aromatic N) is 1. The van der Waals surface area contributed by atoms with E-state index in [2.05, 4.69) is 16.5 Å². The minimum Gasteiger partial charge on any atom is -0.286 e. The number of unbranched alkanes of at least 4 members (excludes halogenated alkanes) is 3. The molecule has 1 heterocycles. The lowest BCUT2D eigenvalue weighted by Crippen LogP contribution is -2.36. The van der Waals surface area contributed by atoms with Crippen LogP contribution in [0.5, 0.6) is 0 Å². The van der Waals surface area contributed by atoms with Crippen molar-refractivity contribution in [1.29, 1.82) is 0 Å². The van der Waals surface area contributed by atoms with Gasteiger partial charge in [-0.3, -0.25) is 4.55 Å². The Kier molecular flexibility index (Phi) is 6.35. The third kappa shape index (κ3) is 6.16. The summed E-state index contributed by atoms with van der Waals surface area (Å²) in [6.45, 7) is 2.97. The number of imidazole rings is 1. The van der Waals surface area contributed by atoms with Crippen LogP contribution >= 0.6 is 0 Å². The quantitative estimate of drug-likeness (QED) is 0.409. The molecule has 0 spiro atoms. The molecule has 5 nitrogen and oxygen atoms in total. The highest BCUT2D eigenvalue weighted by atomic mass is 32.2. The molecule has 104 valence electrons. The highest BCUT2D eigenvalue weighted by molar-refractivity contribution is 7.85. The minimum absolute atomic E-state index is 0.150. The van der Waals surface area contributed by atoms with Crippen molar-refractivity contribution < 1.29 is 17.5 Å². The lowest BCUT2D eigenvalue weighted by atomic mass is 10.2. The molecule has 0 aliphatic rings. The van der Waals surface area contributed by atoms with Gasteiger partial charge in [0, 0.05) is 6.42 Å². The molecule has 0 bridgehead atoms. The van der Waals surface area contributed by atoms with E-state index in [1.807, 2.05) is 12.4 Å². The topological polar surface area (TPSA) is 74.0 Å². The first-order valence-electron chi connectivity index (χ1n) is 6.54. The minimum atomic E-state index is -3.81. The van der Waals surface area contributed by atoms with Gasteiger partial charge in [0.1, 0.15) is 12.4 Å². The average Bonchev–Trinajstić information content (AvgIpc) is 2.71. The van der Waals surface area contributed by atoms with Gasteiger partial charge >= 0.3 is 0 Å².